The zero-order valence-corrected chi connectivity index (χ0v) is 21.7. The highest BCUT2D eigenvalue weighted by Gasteiger charge is 2.42. The van der Waals surface area contributed by atoms with Crippen molar-refractivity contribution < 1.29 is 0 Å². The zero-order valence-electron chi connectivity index (χ0n) is 14.5. The summed E-state index contributed by atoms with van der Waals surface area (Å²) in [6.07, 6.45) is 0. The van der Waals surface area contributed by atoms with Gasteiger partial charge in [0.25, 0.3) is 0 Å². The fraction of sp³-hybridized carbons (Fsp3) is 0.0455. The maximum Gasteiger partial charge on any atom is 0.174 e. The van der Waals surface area contributed by atoms with E-state index < -0.39 is 5.54 Å². The van der Waals surface area contributed by atoms with Crippen LogP contribution in [-0.4, -0.2) is 9.55 Å². The van der Waals surface area contributed by atoms with Crippen LogP contribution in [0.25, 0.3) is 0 Å². The van der Waals surface area contributed by atoms with Gasteiger partial charge in [0.05, 0.1) is 0 Å². The first-order valence-electron chi connectivity index (χ1n) is 8.52. The largest absolute Gasteiger partial charge is 0.295 e. The van der Waals surface area contributed by atoms with Gasteiger partial charge in [-0.3, -0.25) is 4.57 Å². The van der Waals surface area contributed by atoms with E-state index in [9.17, 15) is 0 Å². The van der Waals surface area contributed by atoms with Gasteiger partial charge in [0, 0.05) is 33.2 Å². The molecule has 0 amide bonds. The lowest BCUT2D eigenvalue weighted by Gasteiger charge is -2.39. The molecule has 4 aromatic rings. The molecule has 2 nitrogen and oxygen atoms in total. The summed E-state index contributed by atoms with van der Waals surface area (Å²) in [6, 6.07) is 29.1. The zero-order chi connectivity index (χ0) is 19.7. The lowest BCUT2D eigenvalue weighted by molar-refractivity contribution is 0.493. The van der Waals surface area contributed by atoms with Gasteiger partial charge in [-0.2, -0.15) is 0 Å². The number of aromatic nitrogens is 2. The van der Waals surface area contributed by atoms with E-state index in [1.165, 1.54) is 0 Å². The average Bonchev–Trinajstić information content (AvgIpc) is 2.98. The van der Waals surface area contributed by atoms with Crippen LogP contribution in [0, 0.1) is 11.2 Å². The van der Waals surface area contributed by atoms with Crippen molar-refractivity contribution in [2.75, 3.05) is 0 Å². The Bertz CT molecular complexity index is 1070. The lowest BCUT2D eigenvalue weighted by atomic mass is 9.76. The van der Waals surface area contributed by atoms with Crippen LogP contribution in [0.2, 0.25) is 5.02 Å². The molecule has 0 radical (unpaired) electrons. The van der Waals surface area contributed by atoms with E-state index in [1.54, 1.807) is 0 Å². The second kappa shape index (κ2) is 8.61. The molecule has 1 aromatic heterocycles. The Hall–Kier alpha value is -0.650. The molecule has 0 fully saturated rings. The topological polar surface area (TPSA) is 17.8 Å². The Morgan fingerprint density at radius 3 is 1.68 bits per heavy atom. The molecule has 0 N–H and O–H groups in total. The Kier molecular flexibility index (Phi) is 6.34. The minimum absolute atomic E-state index is 0.635. The van der Waals surface area contributed by atoms with E-state index in [2.05, 4.69) is 127 Å². The smallest absolute Gasteiger partial charge is 0.174 e. The third-order valence-electron chi connectivity index (χ3n) is 4.72. The van der Waals surface area contributed by atoms with Crippen molar-refractivity contribution in [2.24, 2.45) is 0 Å². The van der Waals surface area contributed by atoms with Gasteiger partial charge >= 0.3 is 0 Å². The molecule has 0 aliphatic heterocycles. The molecular formula is C22H14ClI3N2. The summed E-state index contributed by atoms with van der Waals surface area (Å²) in [5.74, 6) is 0. The molecule has 0 saturated carbocycles. The van der Waals surface area contributed by atoms with Crippen LogP contribution < -0.4 is 0 Å². The molecule has 0 bridgehead atoms. The summed E-state index contributed by atoms with van der Waals surface area (Å²) in [6.45, 7) is 0. The fourth-order valence-corrected chi connectivity index (χ4v) is 6.83. The summed E-state index contributed by atoms with van der Waals surface area (Å²) in [5.41, 5.74) is 2.67. The number of halogens is 4. The first-order chi connectivity index (χ1) is 13.6. The summed E-state index contributed by atoms with van der Waals surface area (Å²) in [7, 11) is 0. The summed E-state index contributed by atoms with van der Waals surface area (Å²) < 4.78 is 5.27. The third kappa shape index (κ3) is 3.41. The number of hydrogen-bond donors (Lipinski definition) is 0. The van der Waals surface area contributed by atoms with Crippen LogP contribution >= 0.6 is 79.4 Å². The first-order valence-corrected chi connectivity index (χ1v) is 12.1. The normalized spacial score (nSPS) is 11.6. The van der Waals surface area contributed by atoms with Gasteiger partial charge in [-0.1, -0.05) is 90.5 Å². The van der Waals surface area contributed by atoms with E-state index in [1.807, 2.05) is 30.3 Å². The molecule has 140 valence electrons. The fourth-order valence-electron chi connectivity index (χ4n) is 3.61. The number of hydrogen-bond acceptors (Lipinski definition) is 1. The van der Waals surface area contributed by atoms with Crippen molar-refractivity contribution in [3.8, 4) is 0 Å². The van der Waals surface area contributed by atoms with Crippen LogP contribution in [0.5, 0.6) is 0 Å². The highest BCUT2D eigenvalue weighted by Crippen LogP contribution is 2.45. The molecule has 1 heterocycles. The Morgan fingerprint density at radius 1 is 0.714 bits per heavy atom. The standard InChI is InChI=1S/C22H14ClI3N2/c23-18-14-8-7-13-17(18)22(15-9-3-1-4-10-15,16-11-5-2-6-12-16)28-20(25)19(24)27-21(28)26/h1-14H. The number of benzene rings is 3. The van der Waals surface area contributed by atoms with Crippen molar-refractivity contribution in [1.29, 1.82) is 0 Å². The SMILES string of the molecule is Clc1ccccc1C(c1ccccc1)(c1ccccc1)n1c(I)nc(I)c1I. The van der Waals surface area contributed by atoms with Crippen molar-refractivity contribution in [3.05, 3.63) is 118 Å². The molecule has 0 unspecified atom stereocenters. The highest BCUT2D eigenvalue weighted by molar-refractivity contribution is 14.1. The van der Waals surface area contributed by atoms with Crippen LogP contribution in [-0.2, 0) is 5.54 Å². The van der Waals surface area contributed by atoms with E-state index in [-0.39, 0.29) is 0 Å². The van der Waals surface area contributed by atoms with E-state index in [0.717, 1.165) is 32.9 Å². The van der Waals surface area contributed by atoms with Crippen LogP contribution in [0.3, 0.4) is 0 Å². The molecule has 0 aliphatic rings. The highest BCUT2D eigenvalue weighted by atomic mass is 127. The third-order valence-corrected chi connectivity index (χ3v) is 8.55. The van der Waals surface area contributed by atoms with Crippen molar-refractivity contribution in [3.63, 3.8) is 0 Å². The Morgan fingerprint density at radius 2 is 1.21 bits per heavy atom. The van der Waals surface area contributed by atoms with Crippen LogP contribution in [0.4, 0.5) is 0 Å². The molecule has 0 aliphatic carbocycles. The number of imidazole rings is 1. The predicted octanol–water partition coefficient (Wildman–Crippen LogP) is 7.19. The maximum absolute atomic E-state index is 6.83. The van der Waals surface area contributed by atoms with Gasteiger partial charge in [-0.25, -0.2) is 4.98 Å². The van der Waals surface area contributed by atoms with Gasteiger partial charge in [-0.15, -0.1) is 0 Å². The van der Waals surface area contributed by atoms with Crippen LogP contribution in [0.15, 0.2) is 84.9 Å². The van der Waals surface area contributed by atoms with E-state index >= 15 is 0 Å². The second-order valence-corrected chi connectivity index (χ2v) is 9.64. The second-order valence-electron chi connectivity index (χ2n) is 6.22. The summed E-state index contributed by atoms with van der Waals surface area (Å²) in [4.78, 5) is 4.77. The minimum Gasteiger partial charge on any atom is -0.295 e. The number of rotatable bonds is 4. The van der Waals surface area contributed by atoms with E-state index in [4.69, 9.17) is 16.6 Å². The first kappa shape index (κ1) is 20.6. The lowest BCUT2D eigenvalue weighted by Crippen LogP contribution is -2.39. The maximum atomic E-state index is 6.83. The number of nitrogens with zero attached hydrogens (tertiary/aromatic N) is 2. The van der Waals surface area contributed by atoms with Crippen molar-refractivity contribution >= 4 is 79.4 Å². The monoisotopic (exact) mass is 722 g/mol. The minimum atomic E-state index is -0.635. The molecule has 3 aromatic carbocycles. The van der Waals surface area contributed by atoms with Gasteiger partial charge < -0.3 is 0 Å². The quantitative estimate of drug-likeness (QED) is 0.161. The molecule has 4 rings (SSSR count). The molecule has 0 spiro atoms. The molecule has 28 heavy (non-hydrogen) atoms. The van der Waals surface area contributed by atoms with E-state index in [0.29, 0.717) is 0 Å². The summed E-state index contributed by atoms with van der Waals surface area (Å²) in [5, 5.41) is 0.727. The van der Waals surface area contributed by atoms with Gasteiger partial charge in [-0.05, 0) is 62.4 Å². The molecule has 0 atom stereocenters. The van der Waals surface area contributed by atoms with Gasteiger partial charge in [0.1, 0.15) is 12.9 Å². The Labute approximate surface area is 210 Å². The molecule has 0 saturated heterocycles. The van der Waals surface area contributed by atoms with Crippen LogP contribution in [0.1, 0.15) is 16.7 Å². The summed E-state index contributed by atoms with van der Waals surface area (Å²) >= 11 is 13.8. The molecular weight excluding hydrogens is 708 g/mol. The van der Waals surface area contributed by atoms with Gasteiger partial charge in [0.15, 0.2) is 3.83 Å². The predicted molar refractivity (Wildman–Crippen MR) is 140 cm³/mol. The Balaban J connectivity index is 2.24. The van der Waals surface area contributed by atoms with Gasteiger partial charge in [0.2, 0.25) is 0 Å². The van der Waals surface area contributed by atoms with Crippen molar-refractivity contribution in [2.45, 2.75) is 5.54 Å². The van der Waals surface area contributed by atoms with Crippen molar-refractivity contribution in [1.82, 2.24) is 9.55 Å². The molecule has 6 heteroatoms. The average molecular weight is 723 g/mol.